The minimum atomic E-state index is 0.659. The van der Waals surface area contributed by atoms with Crippen molar-refractivity contribution in [3.05, 3.63) is 0 Å². The van der Waals surface area contributed by atoms with Crippen LogP contribution in [0.1, 0.15) is 32.1 Å². The summed E-state index contributed by atoms with van der Waals surface area (Å²) in [5.41, 5.74) is 0. The number of hydrogen-bond donors (Lipinski definition) is 0. The van der Waals surface area contributed by atoms with Crippen molar-refractivity contribution in [2.75, 3.05) is 18.6 Å². The van der Waals surface area contributed by atoms with Crippen LogP contribution in [0.4, 0.5) is 0 Å². The van der Waals surface area contributed by atoms with E-state index in [4.69, 9.17) is 0 Å². The first-order valence-corrected chi connectivity index (χ1v) is 5.83. The smallest absolute Gasteiger partial charge is 0.211 e. The standard InChI is InChI=1S/C9H17NOS/c1-12-8-6-4-2-3-5-7-10-9-11/h2-8H2,1H3. The molecule has 0 fully saturated rings. The normalized spacial score (nSPS) is 9.42. The molecule has 0 aromatic heterocycles. The molecule has 0 aliphatic carbocycles. The third kappa shape index (κ3) is 9.73. The SMILES string of the molecule is CSCCCCCCCN=C=O. The average Bonchev–Trinajstić information content (AvgIpc) is 2.10. The van der Waals surface area contributed by atoms with Gasteiger partial charge >= 0.3 is 0 Å². The number of aliphatic imine (C=N–C) groups is 1. The summed E-state index contributed by atoms with van der Waals surface area (Å²) in [7, 11) is 0. The van der Waals surface area contributed by atoms with Gasteiger partial charge in [0.05, 0.1) is 6.54 Å². The Balaban J connectivity index is 2.86. The zero-order valence-electron chi connectivity index (χ0n) is 7.71. The highest BCUT2D eigenvalue weighted by atomic mass is 32.2. The molecule has 0 unspecified atom stereocenters. The highest BCUT2D eigenvalue weighted by Crippen LogP contribution is 2.06. The lowest BCUT2D eigenvalue weighted by Gasteiger charge is -1.97. The third-order valence-electron chi connectivity index (χ3n) is 1.68. The maximum absolute atomic E-state index is 9.68. The van der Waals surface area contributed by atoms with Gasteiger partial charge in [0.2, 0.25) is 6.08 Å². The molecule has 0 aliphatic heterocycles. The Labute approximate surface area is 78.8 Å². The van der Waals surface area contributed by atoms with Gasteiger partial charge in [0.1, 0.15) is 0 Å². The van der Waals surface area contributed by atoms with E-state index in [1.807, 2.05) is 11.8 Å². The molecule has 0 radical (unpaired) electrons. The van der Waals surface area contributed by atoms with E-state index < -0.39 is 0 Å². The molecular formula is C9H17NOS. The second-order valence-electron chi connectivity index (χ2n) is 2.73. The van der Waals surface area contributed by atoms with Crippen LogP contribution >= 0.6 is 11.8 Å². The van der Waals surface area contributed by atoms with Crippen molar-refractivity contribution in [3.63, 3.8) is 0 Å². The summed E-state index contributed by atoms with van der Waals surface area (Å²) < 4.78 is 0. The van der Waals surface area contributed by atoms with Crippen LogP contribution in [0.5, 0.6) is 0 Å². The molecule has 2 nitrogen and oxygen atoms in total. The fourth-order valence-electron chi connectivity index (χ4n) is 1.01. The van der Waals surface area contributed by atoms with Crippen molar-refractivity contribution in [2.24, 2.45) is 4.99 Å². The van der Waals surface area contributed by atoms with Gasteiger partial charge in [0, 0.05) is 0 Å². The van der Waals surface area contributed by atoms with Crippen LogP contribution in [0, 0.1) is 0 Å². The van der Waals surface area contributed by atoms with E-state index in [1.54, 1.807) is 6.08 Å². The fraction of sp³-hybridized carbons (Fsp3) is 0.889. The Hall–Kier alpha value is -0.270. The summed E-state index contributed by atoms with van der Waals surface area (Å²) in [5, 5.41) is 0. The summed E-state index contributed by atoms with van der Waals surface area (Å²) in [6, 6.07) is 0. The first-order chi connectivity index (χ1) is 5.91. The second-order valence-corrected chi connectivity index (χ2v) is 3.72. The van der Waals surface area contributed by atoms with Gasteiger partial charge in [-0.15, -0.1) is 0 Å². The van der Waals surface area contributed by atoms with E-state index in [9.17, 15) is 4.79 Å². The quantitative estimate of drug-likeness (QED) is 0.332. The molecule has 0 saturated carbocycles. The fourth-order valence-corrected chi connectivity index (χ4v) is 1.51. The highest BCUT2D eigenvalue weighted by Gasteiger charge is 1.89. The number of thioether (sulfide) groups is 1. The van der Waals surface area contributed by atoms with E-state index in [2.05, 4.69) is 11.2 Å². The zero-order chi connectivity index (χ0) is 9.07. The number of hydrogen-bond acceptors (Lipinski definition) is 3. The largest absolute Gasteiger partial charge is 0.234 e. The highest BCUT2D eigenvalue weighted by molar-refractivity contribution is 7.98. The molecule has 0 N–H and O–H groups in total. The minimum Gasteiger partial charge on any atom is -0.211 e. The zero-order valence-corrected chi connectivity index (χ0v) is 8.53. The molecular weight excluding hydrogens is 170 g/mol. The molecule has 70 valence electrons. The van der Waals surface area contributed by atoms with E-state index in [-0.39, 0.29) is 0 Å². The third-order valence-corrected chi connectivity index (χ3v) is 2.38. The lowest BCUT2D eigenvalue weighted by Crippen LogP contribution is -1.84. The number of rotatable bonds is 8. The van der Waals surface area contributed by atoms with E-state index in [0.29, 0.717) is 6.54 Å². The van der Waals surface area contributed by atoms with E-state index >= 15 is 0 Å². The molecule has 0 amide bonds. The molecule has 0 spiro atoms. The first kappa shape index (κ1) is 11.7. The van der Waals surface area contributed by atoms with Crippen molar-refractivity contribution in [1.82, 2.24) is 0 Å². The summed E-state index contributed by atoms with van der Waals surface area (Å²) in [6.07, 6.45) is 9.82. The maximum atomic E-state index is 9.68. The summed E-state index contributed by atoms with van der Waals surface area (Å²) >= 11 is 1.90. The molecule has 0 atom stereocenters. The Morgan fingerprint density at radius 3 is 2.50 bits per heavy atom. The van der Waals surface area contributed by atoms with Gasteiger partial charge in [0.25, 0.3) is 0 Å². The van der Waals surface area contributed by atoms with Gasteiger partial charge in [-0.1, -0.05) is 19.3 Å². The van der Waals surface area contributed by atoms with E-state index in [0.717, 1.165) is 6.42 Å². The maximum Gasteiger partial charge on any atom is 0.234 e. The number of unbranched alkanes of at least 4 members (excludes halogenated alkanes) is 4. The van der Waals surface area contributed by atoms with Gasteiger partial charge < -0.3 is 0 Å². The van der Waals surface area contributed by atoms with Crippen molar-refractivity contribution in [2.45, 2.75) is 32.1 Å². The monoisotopic (exact) mass is 187 g/mol. The number of carbonyl (C=O) groups excluding carboxylic acids is 1. The van der Waals surface area contributed by atoms with Gasteiger partial charge in [-0.3, -0.25) is 0 Å². The summed E-state index contributed by atoms with van der Waals surface area (Å²) in [4.78, 5) is 13.2. The van der Waals surface area contributed by atoms with Crippen LogP contribution in [0.2, 0.25) is 0 Å². The molecule has 0 aromatic rings. The summed E-state index contributed by atoms with van der Waals surface area (Å²) in [6.45, 7) is 0.659. The lowest BCUT2D eigenvalue weighted by atomic mass is 10.1. The van der Waals surface area contributed by atoms with Crippen LogP contribution in [-0.4, -0.2) is 24.6 Å². The number of nitrogens with zero attached hydrogens (tertiary/aromatic N) is 1. The first-order valence-electron chi connectivity index (χ1n) is 4.44. The molecule has 0 heterocycles. The Kier molecular flexibility index (Phi) is 10.5. The topological polar surface area (TPSA) is 29.4 Å². The Morgan fingerprint density at radius 1 is 1.17 bits per heavy atom. The molecule has 0 saturated heterocycles. The molecule has 0 rings (SSSR count). The van der Waals surface area contributed by atoms with Crippen molar-refractivity contribution in [3.8, 4) is 0 Å². The van der Waals surface area contributed by atoms with Gasteiger partial charge in [-0.05, 0) is 24.9 Å². The van der Waals surface area contributed by atoms with Crippen LogP contribution in [0.25, 0.3) is 0 Å². The molecule has 0 aliphatic rings. The molecule has 0 bridgehead atoms. The predicted molar refractivity (Wildman–Crippen MR) is 54.5 cm³/mol. The van der Waals surface area contributed by atoms with Crippen LogP contribution in [0.15, 0.2) is 4.99 Å². The lowest BCUT2D eigenvalue weighted by molar-refractivity contribution is 0.561. The second kappa shape index (κ2) is 10.7. The minimum absolute atomic E-state index is 0.659. The van der Waals surface area contributed by atoms with Gasteiger partial charge in [-0.25, -0.2) is 9.79 Å². The van der Waals surface area contributed by atoms with Crippen LogP contribution in [0.3, 0.4) is 0 Å². The summed E-state index contributed by atoms with van der Waals surface area (Å²) in [5.74, 6) is 1.27. The average molecular weight is 187 g/mol. The van der Waals surface area contributed by atoms with Crippen LogP contribution in [-0.2, 0) is 4.79 Å². The Bertz CT molecular complexity index is 132. The van der Waals surface area contributed by atoms with Crippen molar-refractivity contribution in [1.29, 1.82) is 0 Å². The van der Waals surface area contributed by atoms with Crippen molar-refractivity contribution >= 4 is 17.8 Å². The van der Waals surface area contributed by atoms with E-state index in [1.165, 1.54) is 31.4 Å². The molecule has 0 aromatic carbocycles. The number of isocyanates is 1. The molecule has 3 heteroatoms. The van der Waals surface area contributed by atoms with Gasteiger partial charge in [0.15, 0.2) is 0 Å². The van der Waals surface area contributed by atoms with Crippen LogP contribution < -0.4 is 0 Å². The Morgan fingerprint density at radius 2 is 1.83 bits per heavy atom. The molecule has 12 heavy (non-hydrogen) atoms. The van der Waals surface area contributed by atoms with Crippen molar-refractivity contribution < 1.29 is 4.79 Å². The predicted octanol–water partition coefficient (Wildman–Crippen LogP) is 2.64. The van der Waals surface area contributed by atoms with Gasteiger partial charge in [-0.2, -0.15) is 11.8 Å².